The van der Waals surface area contributed by atoms with Crippen molar-refractivity contribution in [2.24, 2.45) is 0 Å². The molecule has 138 valence electrons. The summed E-state index contributed by atoms with van der Waals surface area (Å²) in [5.41, 5.74) is 2.08. The Morgan fingerprint density at radius 2 is 2.00 bits per heavy atom. The minimum atomic E-state index is -0.415. The third-order valence-corrected chi connectivity index (χ3v) is 5.73. The van der Waals surface area contributed by atoms with Gasteiger partial charge < -0.3 is 15.1 Å². The van der Waals surface area contributed by atoms with E-state index in [1.165, 1.54) is 0 Å². The largest absolute Gasteiger partial charge is 0.358 e. The van der Waals surface area contributed by atoms with Crippen LogP contribution in [0.5, 0.6) is 0 Å². The van der Waals surface area contributed by atoms with Gasteiger partial charge in [0.05, 0.1) is 28.5 Å². The zero-order valence-electron chi connectivity index (χ0n) is 15.7. The van der Waals surface area contributed by atoms with Gasteiger partial charge in [-0.3, -0.25) is 9.59 Å². The molecule has 26 heavy (non-hydrogen) atoms. The number of aromatic nitrogens is 1. The summed E-state index contributed by atoms with van der Waals surface area (Å²) in [6.45, 7) is 6.49. The quantitative estimate of drug-likeness (QED) is 0.900. The van der Waals surface area contributed by atoms with Crippen LogP contribution in [0.15, 0.2) is 29.6 Å². The predicted octanol–water partition coefficient (Wildman–Crippen LogP) is 2.78. The molecule has 0 saturated carbocycles. The molecule has 2 heterocycles. The minimum Gasteiger partial charge on any atom is -0.358 e. The van der Waals surface area contributed by atoms with E-state index in [0.717, 1.165) is 16.4 Å². The monoisotopic (exact) mass is 372 g/mol. The summed E-state index contributed by atoms with van der Waals surface area (Å²) < 4.78 is 0. The lowest BCUT2D eigenvalue weighted by Gasteiger charge is -2.42. The smallest absolute Gasteiger partial charge is 0.257 e. The fraction of sp³-hybridized carbons (Fsp3) is 0.421. The van der Waals surface area contributed by atoms with Crippen molar-refractivity contribution in [1.29, 1.82) is 0 Å². The Labute approximate surface area is 157 Å². The van der Waals surface area contributed by atoms with Gasteiger partial charge in [0.1, 0.15) is 6.17 Å². The molecule has 1 N–H and O–H groups in total. The average molecular weight is 372 g/mol. The number of benzene rings is 1. The van der Waals surface area contributed by atoms with Crippen LogP contribution in [0.1, 0.15) is 48.0 Å². The highest BCUT2D eigenvalue weighted by Crippen LogP contribution is 2.39. The normalized spacial score (nSPS) is 17.3. The first-order valence-corrected chi connectivity index (χ1v) is 9.41. The topological polar surface area (TPSA) is 65.5 Å². The zero-order chi connectivity index (χ0) is 19.1. The number of nitrogens with one attached hydrogen (secondary N) is 1. The zero-order valence-corrected chi connectivity index (χ0v) is 16.6. The maximum Gasteiger partial charge on any atom is 0.257 e. The SMILES string of the molecule is CNC(=O)CN1c2ccccc2C(=O)N(C)C1c1csc(C(C)(C)C)n1. The third-order valence-electron chi connectivity index (χ3n) is 4.45. The van der Waals surface area contributed by atoms with E-state index in [1.54, 1.807) is 36.4 Å². The van der Waals surface area contributed by atoms with Gasteiger partial charge in [-0.25, -0.2) is 4.98 Å². The maximum absolute atomic E-state index is 12.9. The van der Waals surface area contributed by atoms with Crippen molar-refractivity contribution in [2.45, 2.75) is 32.4 Å². The second kappa shape index (κ2) is 6.72. The number of amides is 2. The number of carbonyl (C=O) groups excluding carboxylic acids is 2. The van der Waals surface area contributed by atoms with Crippen LogP contribution in [0.4, 0.5) is 5.69 Å². The second-order valence-electron chi connectivity index (χ2n) is 7.44. The van der Waals surface area contributed by atoms with E-state index in [0.29, 0.717) is 5.56 Å². The van der Waals surface area contributed by atoms with Crippen LogP contribution >= 0.6 is 11.3 Å². The average Bonchev–Trinajstić information content (AvgIpc) is 3.09. The lowest BCUT2D eigenvalue weighted by atomic mass is 9.98. The highest BCUT2D eigenvalue weighted by molar-refractivity contribution is 7.09. The van der Waals surface area contributed by atoms with Crippen molar-refractivity contribution in [3.8, 4) is 0 Å². The molecule has 0 saturated heterocycles. The molecule has 6 nitrogen and oxygen atoms in total. The number of fused-ring (bicyclic) bond motifs is 1. The van der Waals surface area contributed by atoms with E-state index < -0.39 is 6.17 Å². The van der Waals surface area contributed by atoms with Crippen molar-refractivity contribution < 1.29 is 9.59 Å². The van der Waals surface area contributed by atoms with Crippen molar-refractivity contribution in [3.05, 3.63) is 45.9 Å². The molecule has 0 spiro atoms. The maximum atomic E-state index is 12.9. The third kappa shape index (κ3) is 3.19. The van der Waals surface area contributed by atoms with Gasteiger partial charge in [-0.1, -0.05) is 32.9 Å². The molecule has 0 bridgehead atoms. The van der Waals surface area contributed by atoms with Crippen LogP contribution in [-0.4, -0.2) is 42.3 Å². The Morgan fingerprint density at radius 3 is 2.62 bits per heavy atom. The number of thiazole rings is 1. The van der Waals surface area contributed by atoms with Crippen molar-refractivity contribution in [1.82, 2.24) is 15.2 Å². The lowest BCUT2D eigenvalue weighted by molar-refractivity contribution is -0.119. The number of rotatable bonds is 3. The summed E-state index contributed by atoms with van der Waals surface area (Å²) in [5.74, 6) is -0.178. The van der Waals surface area contributed by atoms with Gasteiger partial charge in [0.25, 0.3) is 5.91 Å². The molecule has 1 aliphatic heterocycles. The van der Waals surface area contributed by atoms with E-state index in [4.69, 9.17) is 4.98 Å². The fourth-order valence-corrected chi connectivity index (χ4v) is 3.98. The van der Waals surface area contributed by atoms with Crippen LogP contribution in [0.25, 0.3) is 0 Å². The van der Waals surface area contributed by atoms with Crippen LogP contribution in [0.3, 0.4) is 0 Å². The summed E-state index contributed by atoms with van der Waals surface area (Å²) in [6.07, 6.45) is -0.415. The van der Waals surface area contributed by atoms with Crippen molar-refractivity contribution in [3.63, 3.8) is 0 Å². The van der Waals surface area contributed by atoms with E-state index >= 15 is 0 Å². The second-order valence-corrected chi connectivity index (χ2v) is 8.29. The molecule has 2 aromatic rings. The molecule has 1 unspecified atom stereocenters. The molecule has 2 amide bonds. The summed E-state index contributed by atoms with van der Waals surface area (Å²) in [6, 6.07) is 7.40. The molecular formula is C19H24N4O2S. The van der Waals surface area contributed by atoms with E-state index in [1.807, 2.05) is 28.5 Å². The number of likely N-dealkylation sites (N-methyl/N-ethyl adjacent to an activating group) is 1. The molecule has 1 aromatic heterocycles. The molecule has 1 aliphatic rings. The fourth-order valence-electron chi connectivity index (χ4n) is 3.06. The number of anilines is 1. The van der Waals surface area contributed by atoms with Gasteiger partial charge in [0.2, 0.25) is 5.91 Å². The number of carbonyl (C=O) groups is 2. The van der Waals surface area contributed by atoms with Gasteiger partial charge in [-0.2, -0.15) is 0 Å². The van der Waals surface area contributed by atoms with Gasteiger partial charge >= 0.3 is 0 Å². The first-order valence-electron chi connectivity index (χ1n) is 8.53. The molecule has 0 aliphatic carbocycles. The van der Waals surface area contributed by atoms with Crippen LogP contribution in [0.2, 0.25) is 0 Å². The first kappa shape index (κ1) is 18.4. The number of hydrogen-bond acceptors (Lipinski definition) is 5. The molecule has 7 heteroatoms. The summed E-state index contributed by atoms with van der Waals surface area (Å²) in [4.78, 5) is 33.4. The highest BCUT2D eigenvalue weighted by Gasteiger charge is 2.38. The Balaban J connectivity index is 2.10. The lowest BCUT2D eigenvalue weighted by Crippen LogP contribution is -2.50. The van der Waals surface area contributed by atoms with Gasteiger partial charge in [0.15, 0.2) is 0 Å². The van der Waals surface area contributed by atoms with Crippen LogP contribution < -0.4 is 10.2 Å². The summed E-state index contributed by atoms with van der Waals surface area (Å²) in [7, 11) is 3.37. The Kier molecular flexibility index (Phi) is 4.75. The van der Waals surface area contributed by atoms with E-state index in [2.05, 4.69) is 26.1 Å². The van der Waals surface area contributed by atoms with E-state index in [-0.39, 0.29) is 23.8 Å². The molecule has 1 atom stereocenters. The van der Waals surface area contributed by atoms with Crippen molar-refractivity contribution >= 4 is 28.8 Å². The molecule has 1 aromatic carbocycles. The van der Waals surface area contributed by atoms with Gasteiger partial charge in [0, 0.05) is 24.9 Å². The highest BCUT2D eigenvalue weighted by atomic mass is 32.1. The number of para-hydroxylation sites is 1. The van der Waals surface area contributed by atoms with Crippen LogP contribution in [-0.2, 0) is 10.2 Å². The Hall–Kier alpha value is -2.41. The Bertz CT molecular complexity index is 840. The Morgan fingerprint density at radius 1 is 1.31 bits per heavy atom. The molecular weight excluding hydrogens is 348 g/mol. The molecule has 0 radical (unpaired) electrons. The van der Waals surface area contributed by atoms with Gasteiger partial charge in [-0.15, -0.1) is 11.3 Å². The summed E-state index contributed by atoms with van der Waals surface area (Å²) in [5, 5.41) is 5.66. The molecule has 0 fully saturated rings. The van der Waals surface area contributed by atoms with Crippen molar-refractivity contribution in [2.75, 3.05) is 25.5 Å². The summed E-state index contributed by atoms with van der Waals surface area (Å²) >= 11 is 1.59. The standard InChI is InChI=1S/C19H24N4O2S/c1-19(2,3)18-21-13(11-26-18)16-22(5)17(25)12-8-6-7-9-14(12)23(16)10-15(24)20-4/h6-9,11,16H,10H2,1-5H3,(H,20,24). The van der Waals surface area contributed by atoms with Crippen LogP contribution in [0, 0.1) is 0 Å². The van der Waals surface area contributed by atoms with E-state index in [9.17, 15) is 9.59 Å². The van der Waals surface area contributed by atoms with Gasteiger partial charge in [-0.05, 0) is 12.1 Å². The number of hydrogen-bond donors (Lipinski definition) is 1. The number of nitrogens with zero attached hydrogens (tertiary/aromatic N) is 3. The predicted molar refractivity (Wildman–Crippen MR) is 104 cm³/mol. The minimum absolute atomic E-state index is 0.0657. The molecule has 3 rings (SSSR count). The first-order chi connectivity index (χ1) is 12.2.